The van der Waals surface area contributed by atoms with E-state index in [1.165, 1.54) is 0 Å². The largest absolute Gasteiger partial charge is 0.337 e. The van der Waals surface area contributed by atoms with Crippen molar-refractivity contribution in [2.45, 2.75) is 59.9 Å². The van der Waals surface area contributed by atoms with Gasteiger partial charge in [0.25, 0.3) is 0 Å². The number of carbonyl (C=O) groups excluding carboxylic acids is 1. The van der Waals surface area contributed by atoms with Crippen molar-refractivity contribution in [1.29, 1.82) is 0 Å². The van der Waals surface area contributed by atoms with E-state index in [0.717, 1.165) is 32.5 Å². The number of rotatable bonds is 6. The molecule has 1 atom stereocenters. The first kappa shape index (κ1) is 15.5. The molecule has 0 aliphatic carbocycles. The number of nitrogens with zero attached hydrogens (tertiary/aromatic N) is 1. The number of nitrogens with one attached hydrogen (secondary N) is 1. The van der Waals surface area contributed by atoms with Crippen molar-refractivity contribution in [3.05, 3.63) is 0 Å². The molecule has 3 heteroatoms. The number of carbonyl (C=O) groups is 1. The Morgan fingerprint density at radius 1 is 1.39 bits per heavy atom. The van der Waals surface area contributed by atoms with Gasteiger partial charge in [-0.3, -0.25) is 4.79 Å². The predicted octanol–water partition coefficient (Wildman–Crippen LogP) is 2.66. The SMILES string of the molecule is CCCN(C(=O)CC(C)CC(C)(C)C)C1CNC1. The van der Waals surface area contributed by atoms with E-state index >= 15 is 0 Å². The van der Waals surface area contributed by atoms with Crippen LogP contribution in [0.25, 0.3) is 0 Å². The van der Waals surface area contributed by atoms with Gasteiger partial charge in [-0.2, -0.15) is 0 Å². The zero-order valence-corrected chi connectivity index (χ0v) is 12.8. The summed E-state index contributed by atoms with van der Waals surface area (Å²) in [5, 5.41) is 3.25. The second kappa shape index (κ2) is 6.55. The molecule has 1 heterocycles. The Balaban J connectivity index is 2.45. The van der Waals surface area contributed by atoms with Crippen LogP contribution >= 0.6 is 0 Å². The molecular formula is C15H30N2O. The van der Waals surface area contributed by atoms with Crippen LogP contribution in [-0.2, 0) is 4.79 Å². The van der Waals surface area contributed by atoms with Crippen LogP contribution in [0.3, 0.4) is 0 Å². The van der Waals surface area contributed by atoms with Crippen molar-refractivity contribution in [2.24, 2.45) is 11.3 Å². The van der Waals surface area contributed by atoms with Gasteiger partial charge in [0.05, 0.1) is 6.04 Å². The van der Waals surface area contributed by atoms with Crippen LogP contribution in [0, 0.1) is 11.3 Å². The second-order valence-electron chi connectivity index (χ2n) is 6.97. The molecule has 0 aromatic rings. The summed E-state index contributed by atoms with van der Waals surface area (Å²) < 4.78 is 0. The summed E-state index contributed by atoms with van der Waals surface area (Å²) in [6, 6.07) is 0.444. The van der Waals surface area contributed by atoms with E-state index in [1.54, 1.807) is 0 Å². The van der Waals surface area contributed by atoms with Crippen molar-refractivity contribution >= 4 is 5.91 Å². The molecule has 0 radical (unpaired) electrons. The highest BCUT2D eigenvalue weighted by Gasteiger charge is 2.29. The minimum atomic E-state index is 0.313. The minimum Gasteiger partial charge on any atom is -0.337 e. The zero-order chi connectivity index (χ0) is 13.8. The maximum atomic E-state index is 12.4. The maximum Gasteiger partial charge on any atom is 0.223 e. The van der Waals surface area contributed by atoms with Crippen LogP contribution in [-0.4, -0.2) is 36.5 Å². The van der Waals surface area contributed by atoms with Gasteiger partial charge in [0, 0.05) is 26.1 Å². The molecule has 1 unspecified atom stereocenters. The Labute approximate surface area is 112 Å². The summed E-state index contributed by atoms with van der Waals surface area (Å²) in [4.78, 5) is 14.5. The van der Waals surface area contributed by atoms with E-state index in [4.69, 9.17) is 0 Å². The van der Waals surface area contributed by atoms with Crippen molar-refractivity contribution in [1.82, 2.24) is 10.2 Å². The van der Waals surface area contributed by atoms with E-state index in [0.29, 0.717) is 29.7 Å². The molecule has 1 N–H and O–H groups in total. The van der Waals surface area contributed by atoms with Gasteiger partial charge in [0.1, 0.15) is 0 Å². The molecule has 1 saturated heterocycles. The molecule has 0 saturated carbocycles. The van der Waals surface area contributed by atoms with Crippen LogP contribution in [0.1, 0.15) is 53.9 Å². The van der Waals surface area contributed by atoms with Gasteiger partial charge in [-0.15, -0.1) is 0 Å². The summed E-state index contributed by atoms with van der Waals surface area (Å²) in [6.07, 6.45) is 2.87. The molecule has 1 aliphatic heterocycles. The first-order valence-electron chi connectivity index (χ1n) is 7.33. The minimum absolute atomic E-state index is 0.313. The zero-order valence-electron chi connectivity index (χ0n) is 12.8. The second-order valence-corrected chi connectivity index (χ2v) is 6.97. The average molecular weight is 254 g/mol. The first-order chi connectivity index (χ1) is 8.33. The smallest absolute Gasteiger partial charge is 0.223 e. The summed E-state index contributed by atoms with van der Waals surface area (Å²) in [5.74, 6) is 0.824. The molecule has 0 aromatic carbocycles. The van der Waals surface area contributed by atoms with Crippen LogP contribution in [0.2, 0.25) is 0 Å². The normalized spacial score (nSPS) is 18.3. The molecular weight excluding hydrogens is 224 g/mol. The quantitative estimate of drug-likeness (QED) is 0.790. The van der Waals surface area contributed by atoms with E-state index in [9.17, 15) is 4.79 Å². The first-order valence-corrected chi connectivity index (χ1v) is 7.33. The van der Waals surface area contributed by atoms with Gasteiger partial charge in [-0.25, -0.2) is 0 Å². The number of hydrogen-bond donors (Lipinski definition) is 1. The fourth-order valence-electron chi connectivity index (χ4n) is 2.78. The molecule has 1 aliphatic rings. The molecule has 1 rings (SSSR count). The molecule has 0 bridgehead atoms. The third kappa shape index (κ3) is 4.97. The molecule has 0 spiro atoms. The lowest BCUT2D eigenvalue weighted by atomic mass is 9.84. The molecule has 0 aromatic heterocycles. The van der Waals surface area contributed by atoms with E-state index < -0.39 is 0 Å². The van der Waals surface area contributed by atoms with Crippen LogP contribution in [0.5, 0.6) is 0 Å². The fourth-order valence-corrected chi connectivity index (χ4v) is 2.78. The lowest BCUT2D eigenvalue weighted by molar-refractivity contribution is -0.135. The summed E-state index contributed by atoms with van der Waals surface area (Å²) in [6.45, 7) is 13.9. The van der Waals surface area contributed by atoms with E-state index in [2.05, 4.69) is 44.8 Å². The Morgan fingerprint density at radius 2 is 2.00 bits per heavy atom. The predicted molar refractivity (Wildman–Crippen MR) is 76.5 cm³/mol. The highest BCUT2D eigenvalue weighted by molar-refractivity contribution is 5.77. The van der Waals surface area contributed by atoms with Gasteiger partial charge < -0.3 is 10.2 Å². The third-order valence-corrected chi connectivity index (χ3v) is 3.47. The van der Waals surface area contributed by atoms with Crippen molar-refractivity contribution in [3.63, 3.8) is 0 Å². The van der Waals surface area contributed by atoms with Gasteiger partial charge >= 0.3 is 0 Å². The van der Waals surface area contributed by atoms with E-state index in [1.807, 2.05) is 0 Å². The van der Waals surface area contributed by atoms with Crippen LogP contribution in [0.15, 0.2) is 0 Å². The highest BCUT2D eigenvalue weighted by atomic mass is 16.2. The maximum absolute atomic E-state index is 12.4. The van der Waals surface area contributed by atoms with Crippen LogP contribution < -0.4 is 5.32 Å². The van der Waals surface area contributed by atoms with Gasteiger partial charge in [0.15, 0.2) is 0 Å². The molecule has 1 amide bonds. The fraction of sp³-hybridized carbons (Fsp3) is 0.933. The monoisotopic (exact) mass is 254 g/mol. The standard InChI is InChI=1S/C15H30N2O/c1-6-7-17(13-10-16-11-13)14(18)8-12(2)9-15(3,4)5/h12-13,16H,6-11H2,1-5H3. The average Bonchev–Trinajstić information content (AvgIpc) is 2.10. The number of amides is 1. The summed E-state index contributed by atoms with van der Waals surface area (Å²) in [7, 11) is 0. The Morgan fingerprint density at radius 3 is 2.39 bits per heavy atom. The Hall–Kier alpha value is -0.570. The Kier molecular flexibility index (Phi) is 5.64. The van der Waals surface area contributed by atoms with Crippen LogP contribution in [0.4, 0.5) is 0 Å². The van der Waals surface area contributed by atoms with Gasteiger partial charge in [-0.05, 0) is 24.2 Å². The third-order valence-electron chi connectivity index (χ3n) is 3.47. The molecule has 18 heavy (non-hydrogen) atoms. The van der Waals surface area contributed by atoms with Gasteiger partial charge in [0.2, 0.25) is 5.91 Å². The highest BCUT2D eigenvalue weighted by Crippen LogP contribution is 2.26. The molecule has 3 nitrogen and oxygen atoms in total. The van der Waals surface area contributed by atoms with Crippen molar-refractivity contribution in [2.75, 3.05) is 19.6 Å². The molecule has 1 fully saturated rings. The van der Waals surface area contributed by atoms with E-state index in [-0.39, 0.29) is 0 Å². The lowest BCUT2D eigenvalue weighted by Crippen LogP contribution is -2.59. The number of hydrogen-bond acceptors (Lipinski definition) is 2. The van der Waals surface area contributed by atoms with Crippen molar-refractivity contribution in [3.8, 4) is 0 Å². The Bertz CT molecular complexity index is 266. The van der Waals surface area contributed by atoms with Crippen molar-refractivity contribution < 1.29 is 4.79 Å². The lowest BCUT2D eigenvalue weighted by Gasteiger charge is -2.39. The van der Waals surface area contributed by atoms with Gasteiger partial charge in [-0.1, -0.05) is 34.6 Å². The summed E-state index contributed by atoms with van der Waals surface area (Å²) >= 11 is 0. The topological polar surface area (TPSA) is 32.3 Å². The summed E-state index contributed by atoms with van der Waals surface area (Å²) in [5.41, 5.74) is 0.313. The molecule has 106 valence electrons.